The van der Waals surface area contributed by atoms with Gasteiger partial charge in [-0.3, -0.25) is 5.43 Å². The summed E-state index contributed by atoms with van der Waals surface area (Å²) in [5.74, 6) is 0.307. The maximum absolute atomic E-state index is 8.32. The summed E-state index contributed by atoms with van der Waals surface area (Å²) in [6.07, 6.45) is 2.61. The number of hydrazine groups is 1. The lowest BCUT2D eigenvalue weighted by Gasteiger charge is -2.27. The maximum Gasteiger partial charge on any atom is 0.139 e. The van der Waals surface area contributed by atoms with Gasteiger partial charge in [-0.15, -0.1) is 0 Å². The molecule has 1 saturated heterocycles. The maximum atomic E-state index is 8.32. The van der Waals surface area contributed by atoms with Crippen LogP contribution >= 0.6 is 0 Å². The van der Waals surface area contributed by atoms with Crippen LogP contribution in [0, 0.1) is 0 Å². The first-order valence-electron chi connectivity index (χ1n) is 5.35. The Morgan fingerprint density at radius 3 is 2.80 bits per heavy atom. The Labute approximate surface area is 90.0 Å². The molecule has 1 fully saturated rings. The Bertz CT molecular complexity index is 193. The number of unbranched alkanes of at least 4 members (excludes halogenated alkanes) is 1. The second-order valence-corrected chi connectivity index (χ2v) is 3.56. The molecule has 6 nitrogen and oxygen atoms in total. The molecular formula is C9H20N4O2. The molecule has 1 aliphatic heterocycles. The lowest BCUT2D eigenvalue weighted by Crippen LogP contribution is -2.46. The van der Waals surface area contributed by atoms with Crippen LogP contribution in [0.2, 0.25) is 0 Å². The van der Waals surface area contributed by atoms with E-state index in [0.29, 0.717) is 12.3 Å². The van der Waals surface area contributed by atoms with Crippen molar-refractivity contribution in [3.05, 3.63) is 0 Å². The second kappa shape index (κ2) is 7.44. The molecule has 0 radical (unpaired) electrons. The molecular weight excluding hydrogens is 196 g/mol. The third kappa shape index (κ3) is 5.56. The number of nitrogens with zero attached hydrogens (tertiary/aromatic N) is 2. The highest BCUT2D eigenvalue weighted by Crippen LogP contribution is 1.96. The summed E-state index contributed by atoms with van der Waals surface area (Å²) < 4.78 is 5.23. The third-order valence-corrected chi connectivity index (χ3v) is 2.33. The van der Waals surface area contributed by atoms with Crippen molar-refractivity contribution in [2.24, 2.45) is 10.9 Å². The summed E-state index contributed by atoms with van der Waals surface area (Å²) in [6.45, 7) is 4.42. The molecule has 0 aromatic carbocycles. The van der Waals surface area contributed by atoms with E-state index in [1.54, 1.807) is 0 Å². The Morgan fingerprint density at radius 2 is 2.13 bits per heavy atom. The Morgan fingerprint density at radius 1 is 1.40 bits per heavy atom. The fraction of sp³-hybridized carbons (Fsp3) is 0.889. The van der Waals surface area contributed by atoms with Crippen LogP contribution < -0.4 is 11.2 Å². The van der Waals surface area contributed by atoms with Crippen LogP contribution in [0.1, 0.15) is 19.3 Å². The number of hydrogen-bond donors (Lipinski definition) is 3. The second-order valence-electron chi connectivity index (χ2n) is 3.56. The molecule has 6 heteroatoms. The van der Waals surface area contributed by atoms with E-state index in [1.165, 1.54) is 0 Å². The van der Waals surface area contributed by atoms with Gasteiger partial charge >= 0.3 is 0 Å². The summed E-state index contributed by atoms with van der Waals surface area (Å²) in [4.78, 5) is 0. The van der Waals surface area contributed by atoms with Crippen LogP contribution in [0.15, 0.2) is 5.16 Å². The normalized spacial score (nSPS) is 19.3. The van der Waals surface area contributed by atoms with Gasteiger partial charge in [-0.05, 0) is 12.8 Å². The van der Waals surface area contributed by atoms with Gasteiger partial charge in [0.1, 0.15) is 5.84 Å². The van der Waals surface area contributed by atoms with Crippen LogP contribution in [-0.2, 0) is 4.74 Å². The predicted octanol–water partition coefficient (Wildman–Crippen LogP) is -0.260. The van der Waals surface area contributed by atoms with Gasteiger partial charge in [0.15, 0.2) is 0 Å². The molecule has 1 aliphatic rings. The number of nitrogens with two attached hydrogens (primary N) is 1. The Kier molecular flexibility index (Phi) is 6.06. The van der Waals surface area contributed by atoms with E-state index in [1.807, 2.05) is 0 Å². The standard InChI is InChI=1S/C9H20N4O2/c10-9(12-14)3-1-2-4-11-13-5-7-15-8-6-13/h11,14H,1-8H2,(H2,10,12). The number of oxime groups is 1. The van der Waals surface area contributed by atoms with Crippen molar-refractivity contribution in [2.45, 2.75) is 19.3 Å². The highest BCUT2D eigenvalue weighted by Gasteiger charge is 2.08. The minimum Gasteiger partial charge on any atom is -0.409 e. The number of nitrogens with one attached hydrogen (secondary N) is 1. The van der Waals surface area contributed by atoms with Crippen LogP contribution in [-0.4, -0.2) is 48.9 Å². The monoisotopic (exact) mass is 216 g/mol. The summed E-state index contributed by atoms with van der Waals surface area (Å²) in [5, 5.41) is 13.4. The first-order valence-corrected chi connectivity index (χ1v) is 5.35. The fourth-order valence-electron chi connectivity index (χ4n) is 1.44. The molecule has 0 unspecified atom stereocenters. The van der Waals surface area contributed by atoms with Gasteiger partial charge in [0, 0.05) is 26.1 Å². The zero-order chi connectivity index (χ0) is 10.9. The van der Waals surface area contributed by atoms with Crippen molar-refractivity contribution in [3.63, 3.8) is 0 Å². The van der Waals surface area contributed by atoms with Crippen LogP contribution in [0.4, 0.5) is 0 Å². The van der Waals surface area contributed by atoms with Crippen molar-refractivity contribution >= 4 is 5.84 Å². The summed E-state index contributed by atoms with van der Waals surface area (Å²) in [7, 11) is 0. The van der Waals surface area contributed by atoms with Crippen molar-refractivity contribution in [3.8, 4) is 0 Å². The number of amidine groups is 1. The first kappa shape index (κ1) is 12.2. The Hall–Kier alpha value is -0.850. The van der Waals surface area contributed by atoms with Gasteiger partial charge in [-0.25, -0.2) is 5.01 Å². The van der Waals surface area contributed by atoms with E-state index in [2.05, 4.69) is 15.6 Å². The van der Waals surface area contributed by atoms with E-state index in [0.717, 1.165) is 45.7 Å². The van der Waals surface area contributed by atoms with Gasteiger partial charge in [0.2, 0.25) is 0 Å². The van der Waals surface area contributed by atoms with E-state index in [-0.39, 0.29) is 0 Å². The van der Waals surface area contributed by atoms with Crippen molar-refractivity contribution < 1.29 is 9.94 Å². The van der Waals surface area contributed by atoms with Crippen LogP contribution in [0.25, 0.3) is 0 Å². The number of rotatable bonds is 6. The molecule has 88 valence electrons. The van der Waals surface area contributed by atoms with Crippen molar-refractivity contribution in [1.82, 2.24) is 10.4 Å². The third-order valence-electron chi connectivity index (χ3n) is 2.33. The van der Waals surface area contributed by atoms with Crippen LogP contribution in [0.5, 0.6) is 0 Å². The fourth-order valence-corrected chi connectivity index (χ4v) is 1.44. The topological polar surface area (TPSA) is 83.1 Å². The van der Waals surface area contributed by atoms with Gasteiger partial charge in [0.05, 0.1) is 13.2 Å². The van der Waals surface area contributed by atoms with Crippen molar-refractivity contribution in [1.29, 1.82) is 0 Å². The lowest BCUT2D eigenvalue weighted by atomic mass is 10.2. The highest BCUT2D eigenvalue weighted by molar-refractivity contribution is 5.79. The van der Waals surface area contributed by atoms with Gasteiger partial charge in [-0.1, -0.05) is 5.16 Å². The zero-order valence-electron chi connectivity index (χ0n) is 8.98. The molecule has 0 amide bonds. The first-order chi connectivity index (χ1) is 7.33. The Balaban J connectivity index is 1.92. The summed E-state index contributed by atoms with van der Waals surface area (Å²) in [6, 6.07) is 0. The van der Waals surface area contributed by atoms with E-state index >= 15 is 0 Å². The van der Waals surface area contributed by atoms with Crippen LogP contribution in [0.3, 0.4) is 0 Å². The molecule has 15 heavy (non-hydrogen) atoms. The molecule has 1 heterocycles. The van der Waals surface area contributed by atoms with Gasteiger partial charge in [0.25, 0.3) is 0 Å². The molecule has 0 bridgehead atoms. The predicted molar refractivity (Wildman–Crippen MR) is 57.7 cm³/mol. The van der Waals surface area contributed by atoms with E-state index < -0.39 is 0 Å². The van der Waals surface area contributed by atoms with Gasteiger partial charge < -0.3 is 15.7 Å². The number of hydrogen-bond acceptors (Lipinski definition) is 5. The smallest absolute Gasteiger partial charge is 0.139 e. The molecule has 0 atom stereocenters. The molecule has 4 N–H and O–H groups in total. The largest absolute Gasteiger partial charge is 0.409 e. The average molecular weight is 216 g/mol. The molecule has 0 aliphatic carbocycles. The molecule has 1 rings (SSSR count). The SMILES string of the molecule is NC(CCCCNN1CCOCC1)=NO. The average Bonchev–Trinajstić information content (AvgIpc) is 2.29. The minimum absolute atomic E-state index is 0.307. The lowest BCUT2D eigenvalue weighted by molar-refractivity contribution is 0.0119. The highest BCUT2D eigenvalue weighted by atomic mass is 16.5. The minimum atomic E-state index is 0.307. The summed E-state index contributed by atoms with van der Waals surface area (Å²) >= 11 is 0. The summed E-state index contributed by atoms with van der Waals surface area (Å²) in [5.41, 5.74) is 8.67. The van der Waals surface area contributed by atoms with E-state index in [4.69, 9.17) is 15.7 Å². The molecule has 0 aromatic rings. The number of morpholine rings is 1. The quantitative estimate of drug-likeness (QED) is 0.187. The molecule has 0 spiro atoms. The number of ether oxygens (including phenoxy) is 1. The molecule has 0 aromatic heterocycles. The van der Waals surface area contributed by atoms with Gasteiger partial charge in [-0.2, -0.15) is 0 Å². The van der Waals surface area contributed by atoms with Crippen molar-refractivity contribution in [2.75, 3.05) is 32.8 Å². The zero-order valence-corrected chi connectivity index (χ0v) is 8.98. The molecule has 0 saturated carbocycles. The van der Waals surface area contributed by atoms with E-state index in [9.17, 15) is 0 Å².